The summed E-state index contributed by atoms with van der Waals surface area (Å²) in [6.45, 7) is 0.667. The van der Waals surface area contributed by atoms with Gasteiger partial charge in [-0.3, -0.25) is 4.68 Å². The molecule has 0 aromatic carbocycles. The average molecular weight is 428 g/mol. The van der Waals surface area contributed by atoms with Gasteiger partial charge in [-0.15, -0.1) is 23.1 Å². The van der Waals surface area contributed by atoms with Crippen LogP contribution in [0.2, 0.25) is 0 Å². The zero-order valence-corrected chi connectivity index (χ0v) is 18.0. The second-order valence-electron chi connectivity index (χ2n) is 6.27. The van der Waals surface area contributed by atoms with Crippen LogP contribution in [-0.4, -0.2) is 51.2 Å². The highest BCUT2D eigenvalue weighted by Gasteiger charge is 2.19. The minimum Gasteiger partial charge on any atom is -0.397 e. The van der Waals surface area contributed by atoms with Gasteiger partial charge < -0.3 is 15.8 Å². The molecule has 3 N–H and O–H groups in total. The molecule has 0 aliphatic carbocycles. The molecule has 0 amide bonds. The first-order chi connectivity index (χ1) is 14.1. The van der Waals surface area contributed by atoms with Crippen molar-refractivity contribution in [1.29, 1.82) is 0 Å². The molecule has 4 aromatic rings. The fourth-order valence-corrected chi connectivity index (χ4v) is 5.27. The number of thioether (sulfide) groups is 1. The Hall–Kier alpha value is -2.69. The summed E-state index contributed by atoms with van der Waals surface area (Å²) in [5.74, 6) is 1.40. The van der Waals surface area contributed by atoms with Crippen LogP contribution in [0.25, 0.3) is 32.7 Å². The summed E-state index contributed by atoms with van der Waals surface area (Å²) in [5, 5.41) is 8.21. The largest absolute Gasteiger partial charge is 0.397 e. The monoisotopic (exact) mass is 427 g/mol. The highest BCUT2D eigenvalue weighted by atomic mass is 32.2. The van der Waals surface area contributed by atoms with E-state index in [1.807, 2.05) is 23.9 Å². The molecule has 4 aromatic heterocycles. The summed E-state index contributed by atoms with van der Waals surface area (Å²) < 4.78 is 8.06. The zero-order valence-electron chi connectivity index (χ0n) is 16.3. The smallest absolute Gasteiger partial charge is 0.222 e. The van der Waals surface area contributed by atoms with Crippen LogP contribution in [0.1, 0.15) is 0 Å². The number of ether oxygens (including phenoxy) is 1. The number of hydrogen-bond donors (Lipinski definition) is 2. The predicted molar refractivity (Wildman–Crippen MR) is 119 cm³/mol. The topological polar surface area (TPSA) is 104 Å². The highest BCUT2D eigenvalue weighted by Crippen LogP contribution is 2.44. The Balaban J connectivity index is 1.89. The second kappa shape index (κ2) is 8.36. The molecule has 0 aliphatic heterocycles. The Morgan fingerprint density at radius 3 is 2.76 bits per heavy atom. The third-order valence-corrected chi connectivity index (χ3v) is 6.80. The van der Waals surface area contributed by atoms with Crippen molar-refractivity contribution < 1.29 is 4.74 Å². The maximum atomic E-state index is 6.55. The third kappa shape index (κ3) is 3.78. The lowest BCUT2D eigenvalue weighted by Gasteiger charge is -2.09. The van der Waals surface area contributed by atoms with Crippen molar-refractivity contribution in [3.63, 3.8) is 0 Å². The lowest BCUT2D eigenvalue weighted by Crippen LogP contribution is -1.98. The normalized spacial score (nSPS) is 11.3. The number of pyridine rings is 1. The zero-order chi connectivity index (χ0) is 20.4. The summed E-state index contributed by atoms with van der Waals surface area (Å²) >= 11 is 3.28. The van der Waals surface area contributed by atoms with Crippen molar-refractivity contribution in [3.8, 4) is 22.5 Å². The Morgan fingerprint density at radius 2 is 2.10 bits per heavy atom. The van der Waals surface area contributed by atoms with Gasteiger partial charge in [0, 0.05) is 62.1 Å². The number of hydrogen-bond acceptors (Lipinski definition) is 9. The molecule has 8 nitrogen and oxygen atoms in total. The number of nitrogens with two attached hydrogens (primary N) is 1. The van der Waals surface area contributed by atoms with Crippen molar-refractivity contribution in [1.82, 2.24) is 24.7 Å². The molecular weight excluding hydrogens is 406 g/mol. The van der Waals surface area contributed by atoms with E-state index in [-0.39, 0.29) is 0 Å². The minimum absolute atomic E-state index is 0.568. The van der Waals surface area contributed by atoms with Gasteiger partial charge in [0.15, 0.2) is 0 Å². The van der Waals surface area contributed by atoms with Crippen molar-refractivity contribution in [2.24, 2.45) is 7.05 Å². The van der Waals surface area contributed by atoms with Gasteiger partial charge in [0.2, 0.25) is 5.95 Å². The Kier molecular flexibility index (Phi) is 5.65. The van der Waals surface area contributed by atoms with Crippen LogP contribution in [-0.2, 0) is 11.8 Å². The van der Waals surface area contributed by atoms with Gasteiger partial charge in [0.05, 0.1) is 27.9 Å². The van der Waals surface area contributed by atoms with E-state index in [1.54, 1.807) is 55.8 Å². The molecule has 0 unspecified atom stereocenters. The Labute approximate surface area is 176 Å². The van der Waals surface area contributed by atoms with E-state index in [4.69, 9.17) is 15.5 Å². The van der Waals surface area contributed by atoms with Crippen molar-refractivity contribution in [2.45, 2.75) is 4.21 Å². The first kappa shape index (κ1) is 19.6. The number of anilines is 2. The van der Waals surface area contributed by atoms with Crippen molar-refractivity contribution >= 4 is 45.0 Å². The molecule has 0 aliphatic rings. The molecule has 0 spiro atoms. The molecule has 4 rings (SSSR count). The van der Waals surface area contributed by atoms with E-state index < -0.39 is 0 Å². The summed E-state index contributed by atoms with van der Waals surface area (Å²) in [6.07, 6.45) is 5.32. The molecule has 29 heavy (non-hydrogen) atoms. The van der Waals surface area contributed by atoms with Crippen molar-refractivity contribution in [3.05, 3.63) is 30.7 Å². The number of fused-ring (bicyclic) bond motifs is 1. The molecule has 150 valence electrons. The van der Waals surface area contributed by atoms with Crippen LogP contribution in [0.3, 0.4) is 0 Å². The van der Waals surface area contributed by atoms with Crippen LogP contribution < -0.4 is 11.1 Å². The van der Waals surface area contributed by atoms with Gasteiger partial charge in [-0.05, 0) is 12.1 Å². The molecule has 4 heterocycles. The van der Waals surface area contributed by atoms with Gasteiger partial charge in [-0.25, -0.2) is 15.0 Å². The molecule has 0 saturated carbocycles. The number of thiophene rings is 1. The molecule has 0 fully saturated rings. The molecule has 10 heteroatoms. The summed E-state index contributed by atoms with van der Waals surface area (Å²) in [5.41, 5.74) is 10.9. The summed E-state index contributed by atoms with van der Waals surface area (Å²) in [7, 11) is 5.41. The van der Waals surface area contributed by atoms with E-state index in [1.165, 1.54) is 0 Å². The fraction of sp³-hybridized carbons (Fsp3) is 0.263. The summed E-state index contributed by atoms with van der Waals surface area (Å²) in [4.78, 5) is 14.4. The number of nitrogen functional groups attached to an aromatic ring is 1. The number of nitrogens with one attached hydrogen (secondary N) is 1. The lowest BCUT2D eigenvalue weighted by atomic mass is 10.1. The number of methoxy groups -OCH3 is 1. The van der Waals surface area contributed by atoms with E-state index in [0.717, 1.165) is 48.4 Å². The first-order valence-electron chi connectivity index (χ1n) is 8.95. The Bertz CT molecular complexity index is 1140. The van der Waals surface area contributed by atoms with E-state index in [0.29, 0.717) is 12.6 Å². The highest BCUT2D eigenvalue weighted by molar-refractivity contribution is 8.01. The van der Waals surface area contributed by atoms with Crippen LogP contribution in [0.4, 0.5) is 11.6 Å². The summed E-state index contributed by atoms with van der Waals surface area (Å²) in [6, 6.07) is 4.01. The average Bonchev–Trinajstić information content (AvgIpc) is 3.31. The van der Waals surface area contributed by atoms with Gasteiger partial charge in [0.25, 0.3) is 0 Å². The predicted octanol–water partition coefficient (Wildman–Crippen LogP) is 3.52. The van der Waals surface area contributed by atoms with Crippen LogP contribution in [0.15, 0.2) is 34.9 Å². The van der Waals surface area contributed by atoms with Crippen LogP contribution >= 0.6 is 23.1 Å². The van der Waals surface area contributed by atoms with Gasteiger partial charge in [-0.1, -0.05) is 0 Å². The Morgan fingerprint density at radius 1 is 1.31 bits per heavy atom. The second-order valence-corrected chi connectivity index (χ2v) is 8.63. The number of nitrogens with zero attached hydrogens (tertiary/aromatic N) is 5. The van der Waals surface area contributed by atoms with Gasteiger partial charge >= 0.3 is 0 Å². The maximum absolute atomic E-state index is 6.55. The van der Waals surface area contributed by atoms with Crippen molar-refractivity contribution in [2.75, 3.05) is 37.6 Å². The van der Waals surface area contributed by atoms with Gasteiger partial charge in [-0.2, -0.15) is 5.10 Å². The first-order valence-corrected chi connectivity index (χ1v) is 10.8. The molecule has 0 atom stereocenters. The van der Waals surface area contributed by atoms with Gasteiger partial charge in [0.1, 0.15) is 4.83 Å². The van der Waals surface area contributed by atoms with Crippen LogP contribution in [0, 0.1) is 0 Å². The lowest BCUT2D eigenvalue weighted by molar-refractivity contribution is 0.218. The van der Waals surface area contributed by atoms with E-state index in [9.17, 15) is 0 Å². The fourth-order valence-electron chi connectivity index (χ4n) is 3.00. The van der Waals surface area contributed by atoms with E-state index in [2.05, 4.69) is 20.4 Å². The molecular formula is C19H21N7OS2. The quantitative estimate of drug-likeness (QED) is 0.341. The number of rotatable bonds is 7. The van der Waals surface area contributed by atoms with Crippen LogP contribution in [0.5, 0.6) is 0 Å². The van der Waals surface area contributed by atoms with E-state index >= 15 is 0 Å². The SMILES string of the molecule is CNc1ncc(-c2cc(-c3ccnn3C)c3c(N)c(SCCOC)sc3n2)cn1. The molecule has 0 bridgehead atoms. The molecule has 0 radical (unpaired) electrons. The number of aromatic nitrogens is 5. The maximum Gasteiger partial charge on any atom is 0.222 e. The third-order valence-electron chi connectivity index (χ3n) is 4.45. The molecule has 0 saturated heterocycles. The number of aryl methyl sites for hydroxylation is 1. The minimum atomic E-state index is 0.568. The standard InChI is InChI=1S/C19H21N7OS2/c1-21-19-22-9-11(10-23-19)13-8-12(14-4-5-24-26(14)2)15-16(20)18(28-7-6-27-3)29-17(15)25-13/h4-5,8-10H,6-7,20H2,1-3H3,(H,21,22,23).